The van der Waals surface area contributed by atoms with Crippen LogP contribution >= 0.6 is 11.3 Å². The van der Waals surface area contributed by atoms with Gasteiger partial charge in [-0.25, -0.2) is 4.98 Å². The fourth-order valence-electron chi connectivity index (χ4n) is 2.08. The van der Waals surface area contributed by atoms with Crippen molar-refractivity contribution in [2.24, 2.45) is 0 Å². The molecule has 1 fully saturated rings. The predicted octanol–water partition coefficient (Wildman–Crippen LogP) is 0.735. The molecule has 0 aromatic carbocycles. The van der Waals surface area contributed by atoms with Gasteiger partial charge in [-0.1, -0.05) is 0 Å². The van der Waals surface area contributed by atoms with E-state index in [4.69, 9.17) is 5.11 Å². The van der Waals surface area contributed by atoms with E-state index in [1.807, 2.05) is 10.4 Å². The van der Waals surface area contributed by atoms with Gasteiger partial charge >= 0.3 is 5.97 Å². The molecule has 1 N–H and O–H groups in total. The predicted molar refractivity (Wildman–Crippen MR) is 66.1 cm³/mol. The van der Waals surface area contributed by atoms with Gasteiger partial charge in [-0.05, 0) is 13.0 Å². The molecule has 0 aliphatic carbocycles. The lowest BCUT2D eigenvalue weighted by Crippen LogP contribution is -2.34. The number of hydrogen-bond acceptors (Lipinski definition) is 5. The van der Waals surface area contributed by atoms with E-state index in [0.717, 1.165) is 44.8 Å². The highest BCUT2D eigenvalue weighted by Crippen LogP contribution is 2.09. The molecule has 1 aromatic rings. The zero-order chi connectivity index (χ0) is 12.1. The summed E-state index contributed by atoms with van der Waals surface area (Å²) in [5, 5.41) is 10.8. The average Bonchev–Trinajstić information content (AvgIpc) is 2.68. The summed E-state index contributed by atoms with van der Waals surface area (Å²) in [4.78, 5) is 19.3. The molecular weight excluding hydrogens is 238 g/mol. The minimum atomic E-state index is -0.738. The zero-order valence-corrected chi connectivity index (χ0v) is 10.5. The topological polar surface area (TPSA) is 56.7 Å². The first kappa shape index (κ1) is 12.5. The number of carbonyl (C=O) groups is 1. The SMILES string of the molecule is O=C(O)CN1CCCN(Cc2cscn2)CC1. The lowest BCUT2D eigenvalue weighted by molar-refractivity contribution is -0.138. The molecule has 1 saturated heterocycles. The second-order valence-corrected chi connectivity index (χ2v) is 5.00. The Morgan fingerprint density at radius 2 is 2.12 bits per heavy atom. The van der Waals surface area contributed by atoms with Gasteiger partial charge in [0.2, 0.25) is 0 Å². The molecule has 2 rings (SSSR count). The Hall–Kier alpha value is -0.980. The first-order valence-electron chi connectivity index (χ1n) is 5.77. The number of nitrogens with zero attached hydrogens (tertiary/aromatic N) is 3. The van der Waals surface area contributed by atoms with Crippen LogP contribution in [0.15, 0.2) is 10.9 Å². The number of carboxylic acids is 1. The van der Waals surface area contributed by atoms with Crippen molar-refractivity contribution in [1.29, 1.82) is 0 Å². The third-order valence-corrected chi connectivity index (χ3v) is 3.54. The summed E-state index contributed by atoms with van der Waals surface area (Å²) < 4.78 is 0. The third kappa shape index (κ3) is 4.07. The highest BCUT2D eigenvalue weighted by Gasteiger charge is 2.16. The van der Waals surface area contributed by atoms with Crippen molar-refractivity contribution in [2.45, 2.75) is 13.0 Å². The van der Waals surface area contributed by atoms with E-state index in [2.05, 4.69) is 15.3 Å². The summed E-state index contributed by atoms with van der Waals surface area (Å²) in [5.74, 6) is -0.738. The summed E-state index contributed by atoms with van der Waals surface area (Å²) in [6, 6.07) is 0. The number of carboxylic acid groups (broad SMARTS) is 1. The van der Waals surface area contributed by atoms with Gasteiger partial charge in [-0.15, -0.1) is 11.3 Å². The Labute approximate surface area is 105 Å². The van der Waals surface area contributed by atoms with Crippen LogP contribution in [-0.4, -0.2) is 58.6 Å². The molecule has 0 bridgehead atoms. The standard InChI is InChI=1S/C11H17N3O2S/c15-11(16)7-14-3-1-2-13(4-5-14)6-10-8-17-9-12-10/h8-9H,1-7H2,(H,15,16). The van der Waals surface area contributed by atoms with Gasteiger partial charge in [-0.3, -0.25) is 14.6 Å². The van der Waals surface area contributed by atoms with Gasteiger partial charge in [-0.2, -0.15) is 0 Å². The fraction of sp³-hybridized carbons (Fsp3) is 0.636. The van der Waals surface area contributed by atoms with Crippen LogP contribution < -0.4 is 0 Å². The molecule has 1 aliphatic heterocycles. The molecule has 0 spiro atoms. The second-order valence-electron chi connectivity index (χ2n) is 4.28. The molecule has 0 atom stereocenters. The van der Waals surface area contributed by atoms with Crippen molar-refractivity contribution < 1.29 is 9.90 Å². The van der Waals surface area contributed by atoms with Crippen molar-refractivity contribution in [3.05, 3.63) is 16.6 Å². The normalized spacial score (nSPS) is 19.1. The van der Waals surface area contributed by atoms with Crippen LogP contribution in [0.3, 0.4) is 0 Å². The largest absolute Gasteiger partial charge is 0.480 e. The van der Waals surface area contributed by atoms with Crippen LogP contribution in [0.1, 0.15) is 12.1 Å². The van der Waals surface area contributed by atoms with E-state index in [-0.39, 0.29) is 6.54 Å². The molecule has 6 heteroatoms. The second kappa shape index (κ2) is 6.09. The highest BCUT2D eigenvalue weighted by molar-refractivity contribution is 7.07. The molecule has 5 nitrogen and oxygen atoms in total. The molecule has 94 valence electrons. The first-order chi connectivity index (χ1) is 8.24. The Kier molecular flexibility index (Phi) is 4.47. The maximum Gasteiger partial charge on any atom is 0.317 e. The lowest BCUT2D eigenvalue weighted by Gasteiger charge is -2.19. The Balaban J connectivity index is 1.81. The van der Waals surface area contributed by atoms with E-state index < -0.39 is 5.97 Å². The number of hydrogen-bond donors (Lipinski definition) is 1. The lowest BCUT2D eigenvalue weighted by atomic mass is 10.3. The van der Waals surface area contributed by atoms with Crippen LogP contribution in [-0.2, 0) is 11.3 Å². The third-order valence-electron chi connectivity index (χ3n) is 2.91. The number of rotatable bonds is 4. The van der Waals surface area contributed by atoms with Gasteiger partial charge in [0.25, 0.3) is 0 Å². The first-order valence-corrected chi connectivity index (χ1v) is 6.72. The van der Waals surface area contributed by atoms with Crippen molar-refractivity contribution in [3.63, 3.8) is 0 Å². The quantitative estimate of drug-likeness (QED) is 0.860. The summed E-state index contributed by atoms with van der Waals surface area (Å²) in [6.45, 7) is 4.68. The molecule has 2 heterocycles. The number of thiazole rings is 1. The smallest absolute Gasteiger partial charge is 0.317 e. The van der Waals surface area contributed by atoms with Gasteiger partial charge in [0, 0.05) is 31.6 Å². The molecular formula is C11H17N3O2S. The van der Waals surface area contributed by atoms with E-state index in [0.29, 0.717) is 0 Å². The van der Waals surface area contributed by atoms with E-state index in [1.54, 1.807) is 11.3 Å². The Morgan fingerprint density at radius 1 is 1.35 bits per heavy atom. The van der Waals surface area contributed by atoms with Crippen LogP contribution in [0.2, 0.25) is 0 Å². The van der Waals surface area contributed by atoms with Crippen molar-refractivity contribution in [2.75, 3.05) is 32.7 Å². The van der Waals surface area contributed by atoms with Gasteiger partial charge in [0.05, 0.1) is 17.7 Å². The van der Waals surface area contributed by atoms with E-state index in [1.165, 1.54) is 0 Å². The van der Waals surface area contributed by atoms with Crippen LogP contribution in [0, 0.1) is 0 Å². The summed E-state index contributed by atoms with van der Waals surface area (Å²) in [7, 11) is 0. The minimum Gasteiger partial charge on any atom is -0.480 e. The average molecular weight is 255 g/mol. The number of aromatic nitrogens is 1. The summed E-state index contributed by atoms with van der Waals surface area (Å²) >= 11 is 1.62. The van der Waals surface area contributed by atoms with Gasteiger partial charge in [0.15, 0.2) is 0 Å². The maximum atomic E-state index is 10.7. The Bertz CT molecular complexity index is 356. The monoisotopic (exact) mass is 255 g/mol. The zero-order valence-electron chi connectivity index (χ0n) is 9.71. The van der Waals surface area contributed by atoms with Gasteiger partial charge < -0.3 is 5.11 Å². The summed E-state index contributed by atoms with van der Waals surface area (Å²) in [5.41, 5.74) is 2.96. The number of aliphatic carboxylic acids is 1. The molecule has 0 amide bonds. The van der Waals surface area contributed by atoms with E-state index >= 15 is 0 Å². The molecule has 1 aliphatic rings. The van der Waals surface area contributed by atoms with Crippen LogP contribution in [0.25, 0.3) is 0 Å². The molecule has 1 aromatic heterocycles. The summed E-state index contributed by atoms with van der Waals surface area (Å²) in [6.07, 6.45) is 1.03. The molecule has 0 unspecified atom stereocenters. The molecule has 17 heavy (non-hydrogen) atoms. The maximum absolute atomic E-state index is 10.7. The molecule has 0 radical (unpaired) electrons. The molecule has 0 saturated carbocycles. The van der Waals surface area contributed by atoms with Crippen molar-refractivity contribution in [1.82, 2.24) is 14.8 Å². The minimum absolute atomic E-state index is 0.157. The van der Waals surface area contributed by atoms with Gasteiger partial charge in [0.1, 0.15) is 0 Å². The van der Waals surface area contributed by atoms with Crippen LogP contribution in [0.4, 0.5) is 0 Å². The highest BCUT2D eigenvalue weighted by atomic mass is 32.1. The van der Waals surface area contributed by atoms with E-state index in [9.17, 15) is 4.79 Å². The van der Waals surface area contributed by atoms with Crippen molar-refractivity contribution in [3.8, 4) is 0 Å². The fourth-order valence-corrected chi connectivity index (χ4v) is 2.63. The Morgan fingerprint density at radius 3 is 2.82 bits per heavy atom. The van der Waals surface area contributed by atoms with Crippen molar-refractivity contribution >= 4 is 17.3 Å². The van der Waals surface area contributed by atoms with Crippen LogP contribution in [0.5, 0.6) is 0 Å².